The van der Waals surface area contributed by atoms with Crippen LogP contribution < -0.4 is 9.30 Å². The zero-order chi connectivity index (χ0) is 65.5. The van der Waals surface area contributed by atoms with Gasteiger partial charge in [0.25, 0.3) is 6.33 Å². The van der Waals surface area contributed by atoms with Gasteiger partial charge in [-0.15, -0.1) is 0 Å². The molecule has 12 aromatic rings. The number of benzene rings is 9. The van der Waals surface area contributed by atoms with Crippen molar-refractivity contribution in [2.24, 2.45) is 0 Å². The van der Waals surface area contributed by atoms with E-state index in [0.717, 1.165) is 39.5 Å². The highest BCUT2D eigenvalue weighted by atomic mass is 16.5. The third kappa shape index (κ3) is 7.81. The van der Waals surface area contributed by atoms with Gasteiger partial charge in [0.05, 0.1) is 58.1 Å². The van der Waals surface area contributed by atoms with E-state index in [9.17, 15) is 6.85 Å². The maximum absolute atomic E-state index is 10.2. The number of rotatable bonds is 9. The highest BCUT2D eigenvalue weighted by Crippen LogP contribution is 2.41. The van der Waals surface area contributed by atoms with Crippen LogP contribution in [0.15, 0.2) is 230 Å². The number of hydrogen-bond acceptors (Lipinski definition) is 2. The second-order valence-corrected chi connectivity index (χ2v) is 17.5. The summed E-state index contributed by atoms with van der Waals surface area (Å²) in [6.07, 6.45) is 5.12. The Balaban J connectivity index is 1.16. The number of imidazole rings is 1. The Kier molecular flexibility index (Phi) is 6.34. The molecule has 0 atom stereocenters. The van der Waals surface area contributed by atoms with Crippen LogP contribution in [-0.2, 0) is 5.41 Å². The van der Waals surface area contributed by atoms with Gasteiger partial charge < -0.3 is 4.74 Å². The van der Waals surface area contributed by atoms with E-state index in [4.69, 9.17) is 31.7 Å². The molecule has 0 amide bonds. The summed E-state index contributed by atoms with van der Waals surface area (Å²) in [5.74, 6) is 1.52. The summed E-state index contributed by atoms with van der Waals surface area (Å²) in [7, 11) is 0. The first kappa shape index (κ1) is 25.5. The second kappa shape index (κ2) is 17.4. The Morgan fingerprint density at radius 1 is 0.557 bits per heavy atom. The van der Waals surface area contributed by atoms with Crippen molar-refractivity contribution in [1.29, 1.82) is 0 Å². The zero-order valence-corrected chi connectivity index (χ0v) is 37.7. The molecule has 0 unspecified atom stereocenters. The number of pyridine rings is 1. The van der Waals surface area contributed by atoms with Crippen molar-refractivity contribution in [3.8, 4) is 73.2 Å². The smallest absolute Gasteiger partial charge is 0.269 e. The normalized spacial score (nSPS) is 16.1. The number of para-hydroxylation sites is 3. The van der Waals surface area contributed by atoms with Crippen molar-refractivity contribution in [2.75, 3.05) is 0 Å². The fourth-order valence-corrected chi connectivity index (χ4v) is 8.75. The number of hydrogen-bond donors (Lipinski definition) is 0. The molecule has 0 saturated carbocycles. The Labute approximate surface area is 438 Å². The molecule has 9 aromatic carbocycles. The van der Waals surface area contributed by atoms with Crippen LogP contribution in [-0.4, -0.2) is 14.1 Å². The number of fused-ring (bicyclic) bond motifs is 4. The highest BCUT2D eigenvalue weighted by Gasteiger charge is 2.23. The fraction of sp³-hybridized carbons (Fsp3) is 0.0769. The summed E-state index contributed by atoms with van der Waals surface area (Å²) in [6.45, 7) is 3.26. The van der Waals surface area contributed by atoms with Crippen LogP contribution in [0.5, 0.6) is 11.5 Å². The summed E-state index contributed by atoms with van der Waals surface area (Å²) >= 11 is 0. The lowest BCUT2D eigenvalue weighted by Gasteiger charge is -2.20. The molecule has 3 heterocycles. The molecule has 5 heteroatoms. The van der Waals surface area contributed by atoms with Crippen LogP contribution in [0, 0.1) is 13.2 Å². The lowest BCUT2D eigenvalue weighted by atomic mass is 9.88. The van der Waals surface area contributed by atoms with Crippen molar-refractivity contribution in [1.82, 2.24) is 14.1 Å². The number of aryl methyl sites for hydroxylation is 1. The summed E-state index contributed by atoms with van der Waals surface area (Å²) in [5, 5.41) is 1.95. The van der Waals surface area contributed by atoms with E-state index in [0.29, 0.717) is 28.5 Å². The van der Waals surface area contributed by atoms with E-state index >= 15 is 0 Å². The minimum atomic E-state index is -3.14. The molecule has 3 aromatic heterocycles. The molecule has 336 valence electrons. The van der Waals surface area contributed by atoms with Gasteiger partial charge in [-0.05, 0) is 129 Å². The monoisotopic (exact) mass is 924 g/mol. The standard InChI is InChI=1S/C65H50N4O/c1-44-35-57(47-23-12-7-13-24-47)64(58(36-44)50-38-48(45-19-8-5-9-20-45)37-49(39-50)46-21-10-6-11-22-46)68-43-67(60-29-16-17-30-61(60)68)52-25-18-26-53(41-52)70-54-31-32-56-55-27-14-15-28-59(55)69(62(56)42-54)63-40-51(33-34-66-63)65(2,3)4/h5-42H,1-4H3/i1D3,5D,6D,7D,8D,9D,10D,11D,12D,13D,19D,20D,21D,22D,23D,24D,37D,38D,39D. The average Bonchev–Trinajstić information content (AvgIpc) is 1.55. The first-order valence-corrected chi connectivity index (χ1v) is 22.2. The number of aromatic nitrogens is 4. The van der Waals surface area contributed by atoms with Crippen LogP contribution in [0.4, 0.5) is 0 Å². The third-order valence-corrected chi connectivity index (χ3v) is 12.0. The molecule has 0 saturated heterocycles. The number of ether oxygens (including phenoxy) is 1. The molecule has 12 rings (SSSR count). The van der Waals surface area contributed by atoms with Crippen molar-refractivity contribution >= 4 is 32.8 Å². The van der Waals surface area contributed by atoms with E-state index in [1.54, 1.807) is 59.3 Å². The summed E-state index contributed by atoms with van der Waals surface area (Å²) < 4.78 is 202. The van der Waals surface area contributed by atoms with Crippen LogP contribution in [0.3, 0.4) is 0 Å². The van der Waals surface area contributed by atoms with E-state index < -0.39 is 166 Å². The van der Waals surface area contributed by atoms with E-state index in [1.807, 2.05) is 48.5 Å². The summed E-state index contributed by atoms with van der Waals surface area (Å²) in [6, 6.07) is 17.6. The quantitative estimate of drug-likeness (QED) is 0.107. The lowest BCUT2D eigenvalue weighted by molar-refractivity contribution is -0.571. The Hall–Kier alpha value is -8.80. The molecular formula is C65H50N4O. The van der Waals surface area contributed by atoms with Crippen molar-refractivity contribution in [3.05, 3.63) is 248 Å². The van der Waals surface area contributed by atoms with Crippen LogP contribution in [0.2, 0.25) is 0 Å². The maximum Gasteiger partial charge on any atom is 0.269 e. The Morgan fingerprint density at radius 3 is 1.87 bits per heavy atom. The molecule has 70 heavy (non-hydrogen) atoms. The van der Waals surface area contributed by atoms with E-state index in [2.05, 4.69) is 37.7 Å². The summed E-state index contributed by atoms with van der Waals surface area (Å²) in [4.78, 5) is 4.81. The van der Waals surface area contributed by atoms with Gasteiger partial charge in [-0.25, -0.2) is 4.98 Å². The van der Waals surface area contributed by atoms with Crippen molar-refractivity contribution in [3.63, 3.8) is 0 Å². The fourth-order valence-electron chi connectivity index (χ4n) is 8.75. The van der Waals surface area contributed by atoms with Crippen molar-refractivity contribution < 1.29 is 38.1 Å². The zero-order valence-electron chi connectivity index (χ0n) is 58.7. The van der Waals surface area contributed by atoms with E-state index in [1.165, 1.54) is 4.57 Å². The van der Waals surface area contributed by atoms with Gasteiger partial charge in [0.2, 0.25) is 0 Å². The molecule has 0 spiro atoms. The summed E-state index contributed by atoms with van der Waals surface area (Å²) in [5.41, 5.74) is -2.43. The molecule has 0 aliphatic rings. The van der Waals surface area contributed by atoms with Gasteiger partial charge >= 0.3 is 0 Å². The second-order valence-electron chi connectivity index (χ2n) is 17.5. The average molecular weight is 924 g/mol. The van der Waals surface area contributed by atoms with Gasteiger partial charge in [0.15, 0.2) is 0 Å². The minimum absolute atomic E-state index is 0.169. The molecule has 5 nitrogen and oxygen atoms in total. The van der Waals surface area contributed by atoms with Gasteiger partial charge in [0, 0.05) is 27.1 Å². The van der Waals surface area contributed by atoms with E-state index in [-0.39, 0.29) is 16.6 Å². The largest absolute Gasteiger partial charge is 0.458 e. The third-order valence-electron chi connectivity index (χ3n) is 12.0. The first-order valence-electron chi connectivity index (χ1n) is 32.7. The molecule has 0 fully saturated rings. The molecule has 0 aliphatic carbocycles. The Morgan fingerprint density at radius 2 is 1.17 bits per heavy atom. The topological polar surface area (TPSA) is 35.9 Å². The van der Waals surface area contributed by atoms with Crippen LogP contribution in [0.1, 0.15) is 60.7 Å². The number of nitrogens with zero attached hydrogens (tertiary/aromatic N) is 4. The Bertz CT molecular complexity index is 4940. The van der Waals surface area contributed by atoms with Crippen LogP contribution in [0.25, 0.3) is 94.5 Å². The SMILES string of the molecule is [2H]c1c([2H])c([2H])c(-c2cc(C([2H])([2H])[2H])cc(-c3c([2H])c(-c4c([2H])c([2H])c([2H])c([2H])c4[2H])c([2H])c(-c4c([2H])c([2H])c([2H])c([2H])c4[2H])c3[2H])c2-[n+]2[c-]n(-c3cccc(Oc4ccc5c6ccccc6n(-c6cc(C(C)(C)C)ccn6)c5c4)c3)c3ccccc32)c([2H])c1[2H]. The van der Waals surface area contributed by atoms with Gasteiger partial charge in [-0.2, -0.15) is 0 Å². The minimum Gasteiger partial charge on any atom is -0.458 e. The highest BCUT2D eigenvalue weighted by molar-refractivity contribution is 6.09. The first-order chi connectivity index (χ1) is 42.9. The molecule has 0 bridgehead atoms. The van der Waals surface area contributed by atoms with Crippen molar-refractivity contribution in [2.45, 2.75) is 33.0 Å². The van der Waals surface area contributed by atoms with Gasteiger partial charge in [-0.3, -0.25) is 13.7 Å². The molecule has 0 N–H and O–H groups in total. The molecule has 0 radical (unpaired) electrons. The van der Waals surface area contributed by atoms with Crippen LogP contribution >= 0.6 is 0 Å². The predicted octanol–water partition coefficient (Wildman–Crippen LogP) is 16.3. The molecular weight excluding hydrogens is 853 g/mol. The maximum atomic E-state index is 10.2. The van der Waals surface area contributed by atoms with Gasteiger partial charge in [-0.1, -0.05) is 178 Å². The lowest BCUT2D eigenvalue weighted by Crippen LogP contribution is -2.31. The van der Waals surface area contributed by atoms with Gasteiger partial charge in [0.1, 0.15) is 17.3 Å². The molecule has 0 aliphatic heterocycles. The predicted molar refractivity (Wildman–Crippen MR) is 287 cm³/mol.